The van der Waals surface area contributed by atoms with E-state index in [1.165, 1.54) is 26.7 Å². The van der Waals surface area contributed by atoms with Gasteiger partial charge in [0, 0.05) is 29.3 Å². The summed E-state index contributed by atoms with van der Waals surface area (Å²) < 4.78 is 0. The van der Waals surface area contributed by atoms with Gasteiger partial charge in [-0.3, -0.25) is 9.59 Å². The van der Waals surface area contributed by atoms with Crippen molar-refractivity contribution < 1.29 is 9.59 Å². The van der Waals surface area contributed by atoms with Gasteiger partial charge in [0.1, 0.15) is 5.00 Å². The molecule has 0 spiro atoms. The third-order valence-electron chi connectivity index (χ3n) is 4.77. The number of amides is 2. The van der Waals surface area contributed by atoms with E-state index in [4.69, 9.17) is 5.73 Å². The lowest BCUT2D eigenvalue weighted by molar-refractivity contribution is -0.116. The van der Waals surface area contributed by atoms with Gasteiger partial charge in [-0.1, -0.05) is 0 Å². The van der Waals surface area contributed by atoms with E-state index in [0.717, 1.165) is 37.8 Å². The molecule has 0 aromatic carbocycles. The van der Waals surface area contributed by atoms with Gasteiger partial charge in [0.15, 0.2) is 0 Å². The summed E-state index contributed by atoms with van der Waals surface area (Å²) in [4.78, 5) is 28.9. The Bertz CT molecular complexity index is 810. The van der Waals surface area contributed by atoms with E-state index in [9.17, 15) is 9.59 Å². The minimum Gasteiger partial charge on any atom is -0.365 e. The fourth-order valence-electron chi connectivity index (χ4n) is 3.29. The molecule has 2 amide bonds. The van der Waals surface area contributed by atoms with Crippen molar-refractivity contribution in [1.82, 2.24) is 4.90 Å². The fourth-order valence-corrected chi connectivity index (χ4v) is 5.58. The first-order chi connectivity index (χ1) is 12.5. The lowest BCUT2D eigenvalue weighted by Gasteiger charge is -2.16. The summed E-state index contributed by atoms with van der Waals surface area (Å²) >= 11 is 3.26. The number of carbonyl (C=O) groups is 2. The van der Waals surface area contributed by atoms with E-state index >= 15 is 0 Å². The van der Waals surface area contributed by atoms with E-state index in [1.807, 2.05) is 7.05 Å². The fraction of sp³-hybridized carbons (Fsp3) is 0.474. The molecule has 0 radical (unpaired) electrons. The average Bonchev–Trinajstić information content (AvgIpc) is 3.16. The summed E-state index contributed by atoms with van der Waals surface area (Å²) in [5.74, 6) is -0.508. The molecule has 2 aromatic heterocycles. The van der Waals surface area contributed by atoms with Crippen molar-refractivity contribution in [3.8, 4) is 0 Å². The molecule has 2 aromatic rings. The van der Waals surface area contributed by atoms with Gasteiger partial charge in [-0.05, 0) is 62.2 Å². The Labute approximate surface area is 162 Å². The smallest absolute Gasteiger partial charge is 0.251 e. The zero-order valence-electron chi connectivity index (χ0n) is 15.3. The van der Waals surface area contributed by atoms with Crippen LogP contribution in [0.5, 0.6) is 0 Å². The van der Waals surface area contributed by atoms with Gasteiger partial charge in [-0.2, -0.15) is 0 Å². The van der Waals surface area contributed by atoms with Crippen molar-refractivity contribution in [2.45, 2.75) is 45.6 Å². The molecule has 5 nitrogen and oxygen atoms in total. The Balaban J connectivity index is 1.59. The van der Waals surface area contributed by atoms with E-state index in [-0.39, 0.29) is 5.91 Å². The number of anilines is 1. The topological polar surface area (TPSA) is 75.4 Å². The number of carbonyl (C=O) groups excluding carboxylic acids is 2. The lowest BCUT2D eigenvalue weighted by Crippen LogP contribution is -2.24. The summed E-state index contributed by atoms with van der Waals surface area (Å²) in [6.07, 6.45) is 4.44. The number of rotatable bonds is 7. The highest BCUT2D eigenvalue weighted by Gasteiger charge is 2.24. The van der Waals surface area contributed by atoms with Gasteiger partial charge in [-0.25, -0.2) is 0 Å². The maximum atomic E-state index is 12.4. The molecule has 1 aliphatic rings. The summed E-state index contributed by atoms with van der Waals surface area (Å²) in [5, 5.41) is 5.65. The number of nitrogens with one attached hydrogen (secondary N) is 1. The Hall–Kier alpha value is -1.70. The quantitative estimate of drug-likeness (QED) is 0.758. The van der Waals surface area contributed by atoms with Crippen LogP contribution in [-0.4, -0.2) is 30.3 Å². The normalized spacial score (nSPS) is 13.7. The standard InChI is InChI=1S/C19H25N3O2S2/c1-12-8-10-25-15(12)11-22(2)9-7-16(23)21-19-17(18(20)24)13-5-3-4-6-14(13)26-19/h8,10H,3-7,9,11H2,1-2H3,(H2,20,24)(H,21,23). The Morgan fingerprint density at radius 1 is 1.31 bits per heavy atom. The van der Waals surface area contributed by atoms with Gasteiger partial charge in [-0.15, -0.1) is 22.7 Å². The van der Waals surface area contributed by atoms with Gasteiger partial charge in [0.2, 0.25) is 5.91 Å². The average molecular weight is 392 g/mol. The maximum absolute atomic E-state index is 12.4. The molecule has 1 aliphatic carbocycles. The predicted octanol–water partition coefficient (Wildman–Crippen LogP) is 3.56. The molecule has 0 unspecified atom stereocenters. The van der Waals surface area contributed by atoms with Crippen molar-refractivity contribution in [1.29, 1.82) is 0 Å². The maximum Gasteiger partial charge on any atom is 0.251 e. The van der Waals surface area contributed by atoms with E-state index in [1.54, 1.807) is 11.3 Å². The zero-order chi connectivity index (χ0) is 18.7. The molecule has 3 rings (SSSR count). The van der Waals surface area contributed by atoms with Crippen LogP contribution in [0.2, 0.25) is 0 Å². The summed E-state index contributed by atoms with van der Waals surface area (Å²) in [6, 6.07) is 2.12. The largest absolute Gasteiger partial charge is 0.365 e. The van der Waals surface area contributed by atoms with Gasteiger partial charge in [0.05, 0.1) is 5.56 Å². The summed E-state index contributed by atoms with van der Waals surface area (Å²) in [5.41, 5.74) is 8.45. The molecular formula is C19H25N3O2S2. The highest BCUT2D eigenvalue weighted by Crippen LogP contribution is 2.37. The molecule has 7 heteroatoms. The van der Waals surface area contributed by atoms with Crippen molar-refractivity contribution >= 4 is 39.5 Å². The lowest BCUT2D eigenvalue weighted by atomic mass is 9.95. The molecule has 0 atom stereocenters. The van der Waals surface area contributed by atoms with E-state index in [2.05, 4.69) is 28.6 Å². The summed E-state index contributed by atoms with van der Waals surface area (Å²) in [6.45, 7) is 3.62. The Morgan fingerprint density at radius 3 is 2.77 bits per heavy atom. The number of hydrogen-bond acceptors (Lipinski definition) is 5. The molecule has 0 aliphatic heterocycles. The van der Waals surface area contributed by atoms with Crippen LogP contribution in [0, 0.1) is 6.92 Å². The molecule has 2 heterocycles. The van der Waals surface area contributed by atoms with E-state index in [0.29, 0.717) is 23.5 Å². The second-order valence-electron chi connectivity index (χ2n) is 6.84. The van der Waals surface area contributed by atoms with Gasteiger partial charge in [0.25, 0.3) is 5.91 Å². The third-order valence-corrected chi connectivity index (χ3v) is 6.99. The van der Waals surface area contributed by atoms with Crippen LogP contribution in [0.25, 0.3) is 0 Å². The third kappa shape index (κ3) is 4.34. The van der Waals surface area contributed by atoms with Crippen LogP contribution in [0.1, 0.15) is 50.5 Å². The number of hydrogen-bond donors (Lipinski definition) is 2. The van der Waals surface area contributed by atoms with Crippen molar-refractivity contribution in [2.24, 2.45) is 5.73 Å². The number of fused-ring (bicyclic) bond motifs is 1. The number of aryl methyl sites for hydroxylation is 2. The van der Waals surface area contributed by atoms with Crippen molar-refractivity contribution in [3.05, 3.63) is 37.9 Å². The SMILES string of the molecule is Cc1ccsc1CN(C)CCC(=O)Nc1sc2c(c1C(N)=O)CCCC2. The minimum atomic E-state index is -0.440. The Kier molecular flexibility index (Phi) is 6.11. The number of primary amides is 1. The van der Waals surface area contributed by atoms with E-state index < -0.39 is 5.91 Å². The van der Waals surface area contributed by atoms with Gasteiger partial charge < -0.3 is 16.0 Å². The molecular weight excluding hydrogens is 366 g/mol. The Morgan fingerprint density at radius 2 is 2.08 bits per heavy atom. The molecule has 0 fully saturated rings. The summed E-state index contributed by atoms with van der Waals surface area (Å²) in [7, 11) is 2.02. The van der Waals surface area contributed by atoms with Crippen LogP contribution < -0.4 is 11.1 Å². The second kappa shape index (κ2) is 8.33. The van der Waals surface area contributed by atoms with Crippen molar-refractivity contribution in [3.63, 3.8) is 0 Å². The molecule has 0 bridgehead atoms. The van der Waals surface area contributed by atoms with Crippen LogP contribution in [0.4, 0.5) is 5.00 Å². The molecule has 140 valence electrons. The minimum absolute atomic E-state index is 0.0687. The van der Waals surface area contributed by atoms with Crippen LogP contribution in [0.3, 0.4) is 0 Å². The highest BCUT2D eigenvalue weighted by atomic mass is 32.1. The molecule has 3 N–H and O–H groups in total. The van der Waals surface area contributed by atoms with Crippen LogP contribution in [0.15, 0.2) is 11.4 Å². The predicted molar refractivity (Wildman–Crippen MR) is 108 cm³/mol. The molecule has 0 saturated heterocycles. The number of nitrogens with zero attached hydrogens (tertiary/aromatic N) is 1. The zero-order valence-corrected chi connectivity index (χ0v) is 16.9. The monoisotopic (exact) mass is 391 g/mol. The second-order valence-corrected chi connectivity index (χ2v) is 8.95. The van der Waals surface area contributed by atoms with Crippen LogP contribution >= 0.6 is 22.7 Å². The first-order valence-corrected chi connectivity index (χ1v) is 10.6. The molecule has 0 saturated carbocycles. The first kappa shape index (κ1) is 19.1. The number of thiophene rings is 2. The van der Waals surface area contributed by atoms with Crippen LogP contribution in [-0.2, 0) is 24.2 Å². The highest BCUT2D eigenvalue weighted by molar-refractivity contribution is 7.17. The first-order valence-electron chi connectivity index (χ1n) is 8.91. The van der Waals surface area contributed by atoms with Gasteiger partial charge >= 0.3 is 0 Å². The molecule has 26 heavy (non-hydrogen) atoms. The van der Waals surface area contributed by atoms with Crippen molar-refractivity contribution in [2.75, 3.05) is 18.9 Å². The number of nitrogens with two attached hydrogens (primary N) is 1.